The van der Waals surface area contributed by atoms with Crippen LogP contribution in [-0.2, 0) is 17.8 Å². The number of hydrogen-bond acceptors (Lipinski definition) is 2. The van der Waals surface area contributed by atoms with Crippen LogP contribution in [0.15, 0.2) is 18.2 Å². The zero-order valence-electron chi connectivity index (χ0n) is 11.0. The van der Waals surface area contributed by atoms with Crippen LogP contribution in [0.3, 0.4) is 0 Å². The van der Waals surface area contributed by atoms with Gasteiger partial charge in [0.25, 0.3) is 0 Å². The minimum absolute atomic E-state index is 0.0774. The highest BCUT2D eigenvalue weighted by molar-refractivity contribution is 5.82. The third kappa shape index (κ3) is 2.91. The molecule has 0 saturated carbocycles. The lowest BCUT2D eigenvalue weighted by atomic mass is 9.82. The second-order valence-electron chi connectivity index (χ2n) is 5.06. The molecule has 0 fully saturated rings. The molecule has 1 unspecified atom stereocenters. The molecular weight excluding hydrogens is 224 g/mol. The molecule has 1 atom stereocenters. The number of hydrogen-bond donors (Lipinski definition) is 2. The zero-order valence-corrected chi connectivity index (χ0v) is 11.0. The molecular formula is C15H22N2O. The molecule has 3 heteroatoms. The second kappa shape index (κ2) is 6.01. The van der Waals surface area contributed by atoms with E-state index < -0.39 is 0 Å². The Bertz CT molecular complexity index is 429. The van der Waals surface area contributed by atoms with Crippen molar-refractivity contribution in [3.05, 3.63) is 34.9 Å². The molecule has 1 aliphatic rings. The van der Waals surface area contributed by atoms with E-state index in [0.717, 1.165) is 44.3 Å². The van der Waals surface area contributed by atoms with E-state index in [0.29, 0.717) is 0 Å². The van der Waals surface area contributed by atoms with Crippen LogP contribution in [0.5, 0.6) is 0 Å². The largest absolute Gasteiger partial charge is 0.369 e. The highest BCUT2D eigenvalue weighted by Crippen LogP contribution is 2.31. The van der Waals surface area contributed by atoms with Gasteiger partial charge in [-0.05, 0) is 48.9 Å². The van der Waals surface area contributed by atoms with E-state index in [2.05, 4.69) is 30.4 Å². The number of primary amides is 1. The van der Waals surface area contributed by atoms with Gasteiger partial charge in [0, 0.05) is 6.54 Å². The molecule has 0 aliphatic heterocycles. The lowest BCUT2D eigenvalue weighted by Crippen LogP contribution is -2.25. The molecule has 0 radical (unpaired) electrons. The third-order valence-corrected chi connectivity index (χ3v) is 3.62. The normalized spacial score (nSPS) is 18.4. The van der Waals surface area contributed by atoms with Gasteiger partial charge in [0.15, 0.2) is 0 Å². The molecule has 1 aliphatic carbocycles. The SMILES string of the molecule is CCCNCc1ccc2c(c1)CCCC2C(N)=O. The number of benzene rings is 1. The summed E-state index contributed by atoms with van der Waals surface area (Å²) in [7, 11) is 0. The first-order valence-electron chi connectivity index (χ1n) is 6.84. The molecule has 18 heavy (non-hydrogen) atoms. The van der Waals surface area contributed by atoms with Crippen molar-refractivity contribution in [2.75, 3.05) is 6.54 Å². The number of nitrogens with one attached hydrogen (secondary N) is 1. The van der Waals surface area contributed by atoms with Crippen molar-refractivity contribution in [2.24, 2.45) is 5.73 Å². The maximum atomic E-state index is 11.4. The van der Waals surface area contributed by atoms with Gasteiger partial charge in [-0.25, -0.2) is 0 Å². The van der Waals surface area contributed by atoms with Crippen molar-refractivity contribution in [3.63, 3.8) is 0 Å². The summed E-state index contributed by atoms with van der Waals surface area (Å²) in [6.07, 6.45) is 4.18. The Morgan fingerprint density at radius 1 is 1.50 bits per heavy atom. The van der Waals surface area contributed by atoms with Crippen LogP contribution in [0, 0.1) is 0 Å². The summed E-state index contributed by atoms with van der Waals surface area (Å²) in [5.41, 5.74) is 9.22. The third-order valence-electron chi connectivity index (χ3n) is 3.62. The predicted molar refractivity (Wildman–Crippen MR) is 73.3 cm³/mol. The maximum absolute atomic E-state index is 11.4. The summed E-state index contributed by atoms with van der Waals surface area (Å²) in [6.45, 7) is 4.11. The lowest BCUT2D eigenvalue weighted by Gasteiger charge is -2.23. The van der Waals surface area contributed by atoms with Crippen molar-refractivity contribution in [2.45, 2.75) is 45.1 Å². The molecule has 0 aromatic heterocycles. The van der Waals surface area contributed by atoms with Crippen molar-refractivity contribution in [3.8, 4) is 0 Å². The Hall–Kier alpha value is -1.35. The van der Waals surface area contributed by atoms with Gasteiger partial charge in [-0.15, -0.1) is 0 Å². The standard InChI is InChI=1S/C15H22N2O/c1-2-8-17-10-11-6-7-13-12(9-11)4-3-5-14(13)15(16)18/h6-7,9,14,17H,2-5,8,10H2,1H3,(H2,16,18). The molecule has 3 nitrogen and oxygen atoms in total. The summed E-state index contributed by atoms with van der Waals surface area (Å²) in [6, 6.07) is 6.43. The van der Waals surface area contributed by atoms with Crippen LogP contribution < -0.4 is 11.1 Å². The summed E-state index contributed by atoms with van der Waals surface area (Å²) >= 11 is 0. The topological polar surface area (TPSA) is 55.1 Å². The fourth-order valence-electron chi connectivity index (χ4n) is 2.68. The van der Waals surface area contributed by atoms with Gasteiger partial charge >= 0.3 is 0 Å². The number of carbonyl (C=O) groups is 1. The summed E-state index contributed by atoms with van der Waals surface area (Å²) in [5.74, 6) is -0.265. The van der Waals surface area contributed by atoms with Gasteiger partial charge < -0.3 is 11.1 Å². The van der Waals surface area contributed by atoms with Crippen LogP contribution in [0.2, 0.25) is 0 Å². The molecule has 1 aromatic rings. The highest BCUT2D eigenvalue weighted by Gasteiger charge is 2.24. The average molecular weight is 246 g/mol. The molecule has 1 amide bonds. The Labute approximate surface area is 109 Å². The fraction of sp³-hybridized carbons (Fsp3) is 0.533. The number of amides is 1. The van der Waals surface area contributed by atoms with Crippen molar-refractivity contribution >= 4 is 5.91 Å². The van der Waals surface area contributed by atoms with Crippen LogP contribution in [0.4, 0.5) is 0 Å². The Balaban J connectivity index is 2.14. The van der Waals surface area contributed by atoms with Crippen molar-refractivity contribution < 1.29 is 4.79 Å². The molecule has 0 spiro atoms. The number of carbonyl (C=O) groups excluding carboxylic acids is 1. The minimum atomic E-state index is -0.187. The predicted octanol–water partition coefficient (Wildman–Crippen LogP) is 2.09. The lowest BCUT2D eigenvalue weighted by molar-refractivity contribution is -0.119. The van der Waals surface area contributed by atoms with E-state index in [1.165, 1.54) is 11.1 Å². The van der Waals surface area contributed by atoms with Crippen LogP contribution in [-0.4, -0.2) is 12.5 Å². The van der Waals surface area contributed by atoms with Gasteiger partial charge in [-0.3, -0.25) is 4.79 Å². The molecule has 98 valence electrons. The van der Waals surface area contributed by atoms with E-state index in [9.17, 15) is 4.79 Å². The van der Waals surface area contributed by atoms with E-state index in [1.54, 1.807) is 0 Å². The summed E-state index contributed by atoms with van der Waals surface area (Å²) < 4.78 is 0. The monoisotopic (exact) mass is 246 g/mol. The van der Waals surface area contributed by atoms with Crippen molar-refractivity contribution in [1.29, 1.82) is 0 Å². The van der Waals surface area contributed by atoms with Crippen molar-refractivity contribution in [1.82, 2.24) is 5.32 Å². The molecule has 3 N–H and O–H groups in total. The quantitative estimate of drug-likeness (QED) is 0.782. The van der Waals surface area contributed by atoms with E-state index in [1.807, 2.05) is 0 Å². The second-order valence-corrected chi connectivity index (χ2v) is 5.06. The Kier molecular flexibility index (Phi) is 4.37. The average Bonchev–Trinajstić information content (AvgIpc) is 2.38. The molecule has 0 bridgehead atoms. The number of fused-ring (bicyclic) bond motifs is 1. The van der Waals surface area contributed by atoms with Gasteiger partial charge in [-0.2, -0.15) is 0 Å². The van der Waals surface area contributed by atoms with Gasteiger partial charge in [0.2, 0.25) is 5.91 Å². The van der Waals surface area contributed by atoms with Crippen LogP contribution >= 0.6 is 0 Å². The number of rotatable bonds is 5. The summed E-state index contributed by atoms with van der Waals surface area (Å²) in [5, 5.41) is 3.40. The van der Waals surface area contributed by atoms with E-state index >= 15 is 0 Å². The fourth-order valence-corrected chi connectivity index (χ4v) is 2.68. The van der Waals surface area contributed by atoms with Gasteiger partial charge in [-0.1, -0.05) is 25.1 Å². The first-order chi connectivity index (χ1) is 8.72. The first-order valence-corrected chi connectivity index (χ1v) is 6.84. The van der Waals surface area contributed by atoms with Crippen LogP contribution in [0.1, 0.15) is 48.8 Å². The minimum Gasteiger partial charge on any atom is -0.369 e. The van der Waals surface area contributed by atoms with E-state index in [-0.39, 0.29) is 11.8 Å². The molecule has 2 rings (SSSR count). The molecule has 1 aromatic carbocycles. The van der Waals surface area contributed by atoms with E-state index in [4.69, 9.17) is 5.73 Å². The smallest absolute Gasteiger partial charge is 0.224 e. The first kappa shape index (κ1) is 13.1. The number of nitrogens with two attached hydrogens (primary N) is 1. The zero-order chi connectivity index (χ0) is 13.0. The highest BCUT2D eigenvalue weighted by atomic mass is 16.1. The maximum Gasteiger partial charge on any atom is 0.224 e. The molecule has 0 heterocycles. The Morgan fingerprint density at radius 2 is 2.33 bits per heavy atom. The molecule has 0 saturated heterocycles. The Morgan fingerprint density at radius 3 is 3.06 bits per heavy atom. The number of aryl methyl sites for hydroxylation is 1. The van der Waals surface area contributed by atoms with Gasteiger partial charge in [0.1, 0.15) is 0 Å². The van der Waals surface area contributed by atoms with Gasteiger partial charge in [0.05, 0.1) is 5.92 Å². The van der Waals surface area contributed by atoms with Crippen LogP contribution in [0.25, 0.3) is 0 Å². The summed E-state index contributed by atoms with van der Waals surface area (Å²) in [4.78, 5) is 11.4.